The van der Waals surface area contributed by atoms with Gasteiger partial charge in [-0.25, -0.2) is 9.48 Å². The standard InChI is InChI=1S/C32H30Cl2N8O3/c1-2-42-31(44)28(38-32(45)39-29-25(33)18-36-19-26(29)34)16-27(40-42)22-7-5-6-21(14-22)23-12-20(17-35)13-24(15-23)30(43)37-8-11-41-9-3-4-10-41/h5-7,12-16,18-19H,2-4,8-11H2,1H3,(H,37,43)(H2,36,38,39,45). The number of nitrogens with one attached hydrogen (secondary N) is 3. The molecule has 0 atom stereocenters. The van der Waals surface area contributed by atoms with E-state index in [1.165, 1.54) is 36.0 Å². The smallest absolute Gasteiger partial charge is 0.323 e. The number of hydrogen-bond donors (Lipinski definition) is 3. The predicted molar refractivity (Wildman–Crippen MR) is 175 cm³/mol. The van der Waals surface area contributed by atoms with Gasteiger partial charge in [-0.3, -0.25) is 14.6 Å². The highest BCUT2D eigenvalue weighted by molar-refractivity contribution is 6.39. The summed E-state index contributed by atoms with van der Waals surface area (Å²) in [4.78, 5) is 45.0. The molecule has 3 amide bonds. The zero-order chi connectivity index (χ0) is 31.9. The summed E-state index contributed by atoms with van der Waals surface area (Å²) in [6.07, 6.45) is 5.03. The van der Waals surface area contributed by atoms with Crippen LogP contribution in [0.5, 0.6) is 0 Å². The molecule has 230 valence electrons. The molecule has 0 saturated carbocycles. The van der Waals surface area contributed by atoms with Crippen LogP contribution in [0.1, 0.15) is 35.7 Å². The van der Waals surface area contributed by atoms with E-state index in [1.54, 1.807) is 25.1 Å². The fourth-order valence-electron chi connectivity index (χ4n) is 5.07. The van der Waals surface area contributed by atoms with Crippen molar-refractivity contribution in [1.29, 1.82) is 5.26 Å². The van der Waals surface area contributed by atoms with E-state index in [9.17, 15) is 19.6 Å². The second-order valence-corrected chi connectivity index (χ2v) is 11.2. The van der Waals surface area contributed by atoms with Gasteiger partial charge in [-0.1, -0.05) is 41.4 Å². The monoisotopic (exact) mass is 644 g/mol. The average molecular weight is 646 g/mol. The van der Waals surface area contributed by atoms with Crippen molar-refractivity contribution in [2.45, 2.75) is 26.3 Å². The van der Waals surface area contributed by atoms with E-state index < -0.39 is 11.6 Å². The molecule has 0 aliphatic carbocycles. The predicted octanol–water partition coefficient (Wildman–Crippen LogP) is 5.64. The third-order valence-electron chi connectivity index (χ3n) is 7.34. The maximum atomic E-state index is 13.0. The Kier molecular flexibility index (Phi) is 10.1. The maximum absolute atomic E-state index is 13.0. The molecule has 1 aliphatic heterocycles. The van der Waals surface area contributed by atoms with Crippen molar-refractivity contribution in [3.8, 4) is 28.5 Å². The maximum Gasteiger partial charge on any atom is 0.323 e. The minimum atomic E-state index is -0.727. The largest absolute Gasteiger partial charge is 0.351 e. The quantitative estimate of drug-likeness (QED) is 0.214. The average Bonchev–Trinajstić information content (AvgIpc) is 3.57. The van der Waals surface area contributed by atoms with Crippen LogP contribution in [0.2, 0.25) is 10.0 Å². The molecule has 1 aliphatic rings. The summed E-state index contributed by atoms with van der Waals surface area (Å²) in [6.45, 7) is 5.42. The van der Waals surface area contributed by atoms with Gasteiger partial charge in [-0.15, -0.1) is 0 Å². The van der Waals surface area contributed by atoms with Gasteiger partial charge in [0.15, 0.2) is 0 Å². The molecule has 2 aromatic heterocycles. The van der Waals surface area contributed by atoms with Crippen molar-refractivity contribution in [3.63, 3.8) is 0 Å². The zero-order valence-electron chi connectivity index (χ0n) is 24.4. The van der Waals surface area contributed by atoms with Crippen molar-refractivity contribution in [3.05, 3.63) is 92.5 Å². The molecular weight excluding hydrogens is 615 g/mol. The normalized spacial score (nSPS) is 12.8. The lowest BCUT2D eigenvalue weighted by molar-refractivity contribution is 0.0949. The third-order valence-corrected chi connectivity index (χ3v) is 7.92. The molecule has 13 heteroatoms. The number of urea groups is 1. The number of nitriles is 1. The van der Waals surface area contributed by atoms with Crippen LogP contribution < -0.4 is 21.5 Å². The van der Waals surface area contributed by atoms with Gasteiger partial charge in [0.1, 0.15) is 5.69 Å². The summed E-state index contributed by atoms with van der Waals surface area (Å²) in [7, 11) is 0. The number of benzene rings is 2. The van der Waals surface area contributed by atoms with E-state index in [0.29, 0.717) is 34.5 Å². The van der Waals surface area contributed by atoms with Gasteiger partial charge in [0.2, 0.25) is 0 Å². The van der Waals surface area contributed by atoms with Crippen molar-refractivity contribution in [2.24, 2.45) is 0 Å². The van der Waals surface area contributed by atoms with Gasteiger partial charge in [0.05, 0.1) is 33.1 Å². The number of likely N-dealkylation sites (tertiary alicyclic amines) is 1. The van der Waals surface area contributed by atoms with Gasteiger partial charge in [0.25, 0.3) is 11.5 Å². The number of anilines is 2. The molecule has 1 fully saturated rings. The van der Waals surface area contributed by atoms with E-state index in [-0.39, 0.29) is 33.9 Å². The first-order valence-electron chi connectivity index (χ1n) is 14.4. The van der Waals surface area contributed by atoms with Crippen LogP contribution in [0.4, 0.5) is 16.2 Å². The molecule has 0 bridgehead atoms. The Balaban J connectivity index is 1.40. The Morgan fingerprint density at radius 2 is 1.71 bits per heavy atom. The molecule has 0 radical (unpaired) electrons. The van der Waals surface area contributed by atoms with E-state index in [2.05, 4.69) is 37.0 Å². The number of carbonyl (C=O) groups excluding carboxylic acids is 2. The molecule has 5 rings (SSSR count). The van der Waals surface area contributed by atoms with E-state index in [1.807, 2.05) is 24.3 Å². The number of halogens is 2. The summed E-state index contributed by atoms with van der Waals surface area (Å²) in [6, 6.07) is 15.3. The fourth-order valence-corrected chi connectivity index (χ4v) is 5.53. The van der Waals surface area contributed by atoms with Crippen molar-refractivity contribution in [1.82, 2.24) is 25.0 Å². The molecule has 4 aromatic rings. The Morgan fingerprint density at radius 3 is 2.42 bits per heavy atom. The second-order valence-electron chi connectivity index (χ2n) is 10.4. The summed E-state index contributed by atoms with van der Waals surface area (Å²) in [5, 5.41) is 22.5. The van der Waals surface area contributed by atoms with Crippen LogP contribution in [-0.2, 0) is 6.54 Å². The molecule has 11 nitrogen and oxygen atoms in total. The third kappa shape index (κ3) is 7.67. The zero-order valence-corrected chi connectivity index (χ0v) is 26.0. The fraction of sp³-hybridized carbons (Fsp3) is 0.250. The summed E-state index contributed by atoms with van der Waals surface area (Å²) < 4.78 is 1.24. The molecule has 2 aromatic carbocycles. The highest BCUT2D eigenvalue weighted by atomic mass is 35.5. The minimum Gasteiger partial charge on any atom is -0.351 e. The topological polar surface area (TPSA) is 145 Å². The molecule has 1 saturated heterocycles. The number of carbonyl (C=O) groups is 2. The lowest BCUT2D eigenvalue weighted by Gasteiger charge is -2.15. The van der Waals surface area contributed by atoms with Crippen LogP contribution in [-0.4, -0.2) is 57.8 Å². The van der Waals surface area contributed by atoms with Gasteiger partial charge in [-0.2, -0.15) is 10.4 Å². The van der Waals surface area contributed by atoms with Crippen molar-refractivity contribution >= 4 is 46.5 Å². The summed E-state index contributed by atoms with van der Waals surface area (Å²) >= 11 is 12.2. The number of amides is 3. The van der Waals surface area contributed by atoms with Crippen molar-refractivity contribution in [2.75, 3.05) is 36.8 Å². The number of nitrogens with zero attached hydrogens (tertiary/aromatic N) is 5. The first-order chi connectivity index (χ1) is 21.7. The van der Waals surface area contributed by atoms with Gasteiger partial charge in [-0.05, 0) is 74.3 Å². The van der Waals surface area contributed by atoms with E-state index in [4.69, 9.17) is 23.2 Å². The number of aryl methyl sites for hydroxylation is 1. The minimum absolute atomic E-state index is 0.00887. The number of hydrogen-bond acceptors (Lipinski definition) is 7. The lowest BCUT2D eigenvalue weighted by atomic mass is 9.97. The lowest BCUT2D eigenvalue weighted by Crippen LogP contribution is -2.33. The van der Waals surface area contributed by atoms with Crippen LogP contribution in [0, 0.1) is 11.3 Å². The van der Waals surface area contributed by atoms with Gasteiger partial charge >= 0.3 is 6.03 Å². The first kappa shape index (κ1) is 31.7. The molecule has 45 heavy (non-hydrogen) atoms. The highest BCUT2D eigenvalue weighted by Crippen LogP contribution is 2.30. The number of aromatic nitrogens is 3. The van der Waals surface area contributed by atoms with Gasteiger partial charge in [0, 0.05) is 43.2 Å². The Morgan fingerprint density at radius 1 is 0.978 bits per heavy atom. The summed E-state index contributed by atoms with van der Waals surface area (Å²) in [5.74, 6) is -0.247. The van der Waals surface area contributed by atoms with Crippen LogP contribution in [0.15, 0.2) is 65.7 Å². The molecule has 0 unspecified atom stereocenters. The molecule has 3 N–H and O–H groups in total. The molecule has 0 spiro atoms. The van der Waals surface area contributed by atoms with Gasteiger partial charge < -0.3 is 20.9 Å². The first-order valence-corrected chi connectivity index (χ1v) is 15.2. The van der Waals surface area contributed by atoms with Crippen LogP contribution >= 0.6 is 23.2 Å². The Labute approximate surface area is 269 Å². The molecular formula is C32H30Cl2N8O3. The Hall–Kier alpha value is -4.76. The van der Waals surface area contributed by atoms with Crippen LogP contribution in [0.3, 0.4) is 0 Å². The van der Waals surface area contributed by atoms with E-state index >= 15 is 0 Å². The number of pyridine rings is 1. The van der Waals surface area contributed by atoms with E-state index in [0.717, 1.165) is 25.2 Å². The van der Waals surface area contributed by atoms with Crippen molar-refractivity contribution < 1.29 is 9.59 Å². The molecule has 3 heterocycles. The second kappa shape index (κ2) is 14.3. The Bertz CT molecular complexity index is 1830. The SMILES string of the molecule is CCn1nc(-c2cccc(-c3cc(C#N)cc(C(=O)NCCN4CCCC4)c3)c2)cc(NC(=O)Nc2c(Cl)cncc2Cl)c1=O. The number of rotatable bonds is 9. The van der Waals surface area contributed by atoms with Crippen LogP contribution in [0.25, 0.3) is 22.4 Å². The highest BCUT2D eigenvalue weighted by Gasteiger charge is 2.17. The summed E-state index contributed by atoms with van der Waals surface area (Å²) in [5.41, 5.74) is 2.87.